The van der Waals surface area contributed by atoms with Crippen LogP contribution in [0.5, 0.6) is 23.0 Å². The van der Waals surface area contributed by atoms with Crippen LogP contribution < -0.4 is 18.9 Å². The van der Waals surface area contributed by atoms with Crippen LogP contribution in [0.1, 0.15) is 109 Å². The number of hydrogen-bond acceptors (Lipinski definition) is 10. The van der Waals surface area contributed by atoms with E-state index in [9.17, 15) is 9.59 Å². The van der Waals surface area contributed by atoms with E-state index in [0.29, 0.717) is 60.6 Å². The van der Waals surface area contributed by atoms with Gasteiger partial charge in [-0.15, -0.1) is 0 Å². The Morgan fingerprint density at radius 2 is 0.833 bits per heavy atom. The van der Waals surface area contributed by atoms with Crippen LogP contribution in [0.15, 0.2) is 72.8 Å². The number of ether oxygens (including phenoxy) is 8. The Balaban J connectivity index is 1.02. The molecule has 54 heavy (non-hydrogen) atoms. The van der Waals surface area contributed by atoms with Gasteiger partial charge in [-0.2, -0.15) is 0 Å². The first kappa shape index (κ1) is 37.8. The Kier molecular flexibility index (Phi) is 13.5. The summed E-state index contributed by atoms with van der Waals surface area (Å²) in [7, 11) is 0. The Bertz CT molecular complexity index is 1630. The fourth-order valence-corrected chi connectivity index (χ4v) is 6.78. The maximum Gasteiger partial charge on any atom is 0.200 e. The van der Waals surface area contributed by atoms with E-state index in [1.165, 1.54) is 12.2 Å². The van der Waals surface area contributed by atoms with E-state index in [4.69, 9.17) is 37.9 Å². The van der Waals surface area contributed by atoms with Gasteiger partial charge in [-0.3, -0.25) is 9.59 Å². The smallest absolute Gasteiger partial charge is 0.200 e. The van der Waals surface area contributed by atoms with Crippen molar-refractivity contribution in [2.24, 2.45) is 0 Å². The Morgan fingerprint density at radius 1 is 0.463 bits per heavy atom. The van der Waals surface area contributed by atoms with Crippen molar-refractivity contribution in [2.75, 3.05) is 26.4 Å². The molecule has 0 amide bonds. The molecule has 0 aromatic heterocycles. The summed E-state index contributed by atoms with van der Waals surface area (Å²) in [4.78, 5) is 26.7. The molecule has 4 atom stereocenters. The van der Waals surface area contributed by atoms with E-state index in [-0.39, 0.29) is 36.7 Å². The summed E-state index contributed by atoms with van der Waals surface area (Å²) in [5, 5.41) is 0. The molecule has 0 bridgehead atoms. The number of ketones is 2. The second-order valence-electron chi connectivity index (χ2n) is 14.0. The second kappa shape index (κ2) is 19.2. The minimum absolute atomic E-state index is 0.230. The van der Waals surface area contributed by atoms with Crippen molar-refractivity contribution in [3.8, 4) is 23.0 Å². The lowest BCUT2D eigenvalue weighted by Gasteiger charge is -2.27. The third-order valence-corrected chi connectivity index (χ3v) is 9.81. The average Bonchev–Trinajstić information content (AvgIpc) is 3.22. The largest absolute Gasteiger partial charge is 0.461 e. The van der Waals surface area contributed by atoms with E-state index in [1.54, 1.807) is 36.4 Å². The van der Waals surface area contributed by atoms with Crippen LogP contribution >= 0.6 is 0 Å². The molecule has 4 saturated heterocycles. The van der Waals surface area contributed by atoms with Crippen LogP contribution in [0.2, 0.25) is 0 Å². The molecule has 4 fully saturated rings. The number of benzene rings is 3. The van der Waals surface area contributed by atoms with E-state index in [0.717, 1.165) is 88.2 Å². The third-order valence-electron chi connectivity index (χ3n) is 9.81. The first-order chi connectivity index (χ1) is 26.6. The number of carbonyl (C=O) groups is 2. The molecular weight excluding hydrogens is 688 g/mol. The molecule has 0 aliphatic carbocycles. The predicted octanol–water partition coefficient (Wildman–Crippen LogP) is 9.10. The van der Waals surface area contributed by atoms with Gasteiger partial charge >= 0.3 is 0 Å². The second-order valence-corrected chi connectivity index (χ2v) is 14.0. The van der Waals surface area contributed by atoms with Gasteiger partial charge in [0.25, 0.3) is 0 Å². The summed E-state index contributed by atoms with van der Waals surface area (Å²) in [6, 6.07) is 17.9. The Labute approximate surface area is 317 Å². The highest BCUT2D eigenvalue weighted by Gasteiger charge is 2.23. The van der Waals surface area contributed by atoms with Gasteiger partial charge in [-0.1, -0.05) is 42.5 Å². The fraction of sp³-hybridized carbons (Fsp3) is 0.455. The molecule has 4 aliphatic rings. The minimum atomic E-state index is -0.357. The van der Waals surface area contributed by atoms with E-state index >= 15 is 0 Å². The third kappa shape index (κ3) is 10.8. The lowest BCUT2D eigenvalue weighted by atomic mass is 10.0. The molecule has 4 heterocycles. The average molecular weight is 739 g/mol. The van der Waals surface area contributed by atoms with Gasteiger partial charge < -0.3 is 37.9 Å². The highest BCUT2D eigenvalue weighted by atomic mass is 16.7. The van der Waals surface area contributed by atoms with E-state index in [1.807, 2.05) is 36.4 Å². The van der Waals surface area contributed by atoms with Gasteiger partial charge in [0.1, 0.15) is 0 Å². The molecule has 4 unspecified atom stereocenters. The maximum atomic E-state index is 13.3. The Morgan fingerprint density at radius 3 is 1.19 bits per heavy atom. The number of rotatable bonds is 14. The normalized spacial score (nSPS) is 23.6. The molecule has 3 aromatic rings. The SMILES string of the molecule is O=C(/C=C/c1ccc(OC2CCCCO2)c(OC2CCCCO2)c1)c1cccc(C(=O)/C=C/c2ccc(OC3CCCCO3)c(OC3CCCCO3)c2)c1. The molecule has 4 aliphatic heterocycles. The van der Waals surface area contributed by atoms with Crippen LogP contribution in [0, 0.1) is 0 Å². The summed E-state index contributed by atoms with van der Waals surface area (Å²) in [6.07, 6.45) is 16.6. The molecule has 10 heteroatoms. The quantitative estimate of drug-likeness (QED) is 0.117. The molecule has 0 N–H and O–H groups in total. The highest BCUT2D eigenvalue weighted by Crippen LogP contribution is 2.35. The van der Waals surface area contributed by atoms with Gasteiger partial charge in [-0.05, 0) is 105 Å². The molecular formula is C44H50O10. The Hall–Kier alpha value is -4.48. The van der Waals surface area contributed by atoms with Gasteiger partial charge in [0.05, 0.1) is 26.4 Å². The van der Waals surface area contributed by atoms with Gasteiger partial charge in [0.2, 0.25) is 0 Å². The number of carbonyl (C=O) groups excluding carboxylic acids is 2. The topological polar surface area (TPSA) is 108 Å². The minimum Gasteiger partial charge on any atom is -0.461 e. The first-order valence-electron chi connectivity index (χ1n) is 19.5. The van der Waals surface area contributed by atoms with Crippen LogP contribution in [0.4, 0.5) is 0 Å². The molecule has 7 rings (SSSR count). The summed E-state index contributed by atoms with van der Waals surface area (Å²) in [6.45, 7) is 2.66. The van der Waals surface area contributed by atoms with Crippen LogP contribution in [-0.4, -0.2) is 63.2 Å². The van der Waals surface area contributed by atoms with Gasteiger partial charge in [0, 0.05) is 36.8 Å². The first-order valence-corrected chi connectivity index (χ1v) is 19.5. The lowest BCUT2D eigenvalue weighted by molar-refractivity contribution is -0.119. The van der Waals surface area contributed by atoms with Crippen LogP contribution in [-0.2, 0) is 18.9 Å². The summed E-state index contributed by atoms with van der Waals surface area (Å²) < 4.78 is 48.1. The summed E-state index contributed by atoms with van der Waals surface area (Å²) >= 11 is 0. The zero-order valence-electron chi connectivity index (χ0n) is 30.8. The molecule has 0 saturated carbocycles. The van der Waals surface area contributed by atoms with Gasteiger partial charge in [0.15, 0.2) is 59.7 Å². The molecule has 10 nitrogen and oxygen atoms in total. The monoisotopic (exact) mass is 738 g/mol. The van der Waals surface area contributed by atoms with E-state index < -0.39 is 0 Å². The van der Waals surface area contributed by atoms with Crippen molar-refractivity contribution in [1.29, 1.82) is 0 Å². The van der Waals surface area contributed by atoms with Gasteiger partial charge in [-0.25, -0.2) is 0 Å². The fourth-order valence-electron chi connectivity index (χ4n) is 6.78. The number of hydrogen-bond donors (Lipinski definition) is 0. The van der Waals surface area contributed by atoms with Crippen molar-refractivity contribution < 1.29 is 47.5 Å². The standard InChI is InChI=1S/C44H50O10/c45-35(20-16-31-18-22-37(51-41-12-1-5-24-47-41)39(28-31)53-43-14-3-7-26-49-43)33-10-9-11-34(30-33)36(46)21-17-32-19-23-38(52-42-13-2-6-25-48-42)40(29-32)54-44-15-4-8-27-50-44/h9-11,16-23,28-30,41-44H,1-8,12-15,24-27H2/b20-16+,21-17+. The molecule has 286 valence electrons. The van der Waals surface area contributed by atoms with E-state index in [2.05, 4.69) is 0 Å². The predicted molar refractivity (Wildman–Crippen MR) is 203 cm³/mol. The maximum absolute atomic E-state index is 13.3. The van der Waals surface area contributed by atoms with Crippen LogP contribution in [0.25, 0.3) is 12.2 Å². The van der Waals surface area contributed by atoms with Crippen molar-refractivity contribution in [2.45, 2.75) is 102 Å². The van der Waals surface area contributed by atoms with Crippen molar-refractivity contribution in [3.05, 3.63) is 95.1 Å². The molecule has 0 spiro atoms. The summed E-state index contributed by atoms with van der Waals surface area (Å²) in [5.41, 5.74) is 2.34. The molecule has 3 aromatic carbocycles. The zero-order chi connectivity index (χ0) is 37.0. The van der Waals surface area contributed by atoms with Crippen LogP contribution in [0.3, 0.4) is 0 Å². The van der Waals surface area contributed by atoms with Crippen molar-refractivity contribution >= 4 is 23.7 Å². The number of allylic oxidation sites excluding steroid dienone is 2. The molecule has 0 radical (unpaired) electrons. The van der Waals surface area contributed by atoms with Crippen molar-refractivity contribution in [1.82, 2.24) is 0 Å². The zero-order valence-corrected chi connectivity index (χ0v) is 30.8. The lowest BCUT2D eigenvalue weighted by Crippen LogP contribution is -2.27. The van der Waals surface area contributed by atoms with Crippen molar-refractivity contribution in [3.63, 3.8) is 0 Å². The summed E-state index contributed by atoms with van der Waals surface area (Å²) in [5.74, 6) is 1.80. The highest BCUT2D eigenvalue weighted by molar-refractivity contribution is 6.11.